The molecule has 1 rings (SSSR count). The highest BCUT2D eigenvalue weighted by Crippen LogP contribution is 2.18. The van der Waals surface area contributed by atoms with Crippen molar-refractivity contribution >= 4 is 11.9 Å². The smallest absolute Gasteiger partial charge is 0.305 e. The van der Waals surface area contributed by atoms with E-state index in [0.717, 1.165) is 0 Å². The number of hydrogen-bond donors (Lipinski definition) is 2. The summed E-state index contributed by atoms with van der Waals surface area (Å²) in [4.78, 5) is 24.1. The number of amides is 1. The quantitative estimate of drug-likeness (QED) is 0.833. The molecule has 0 saturated carbocycles. The fourth-order valence-corrected chi connectivity index (χ4v) is 1.60. The highest BCUT2D eigenvalue weighted by atomic mass is 16.4. The van der Waals surface area contributed by atoms with Crippen LogP contribution in [0.2, 0.25) is 0 Å². The first-order valence-corrected chi connectivity index (χ1v) is 5.76. The molecular weight excluding hydrogens is 234 g/mol. The van der Waals surface area contributed by atoms with Crippen LogP contribution < -0.4 is 0 Å². The van der Waals surface area contributed by atoms with E-state index in [4.69, 9.17) is 5.11 Å². The second kappa shape index (κ2) is 6.05. The second-order valence-corrected chi connectivity index (χ2v) is 4.03. The molecule has 0 fully saturated rings. The summed E-state index contributed by atoms with van der Waals surface area (Å²) in [6, 6.07) is 4.60. The van der Waals surface area contributed by atoms with Crippen LogP contribution >= 0.6 is 0 Å². The SMILES string of the molecule is CCN(CCC(=O)O)C(=O)c1ccc(O)c(C)c1. The highest BCUT2D eigenvalue weighted by Gasteiger charge is 2.15. The number of nitrogens with zero attached hydrogens (tertiary/aromatic N) is 1. The maximum absolute atomic E-state index is 12.1. The predicted octanol–water partition coefficient (Wildman–Crippen LogP) is 1.64. The molecule has 0 radical (unpaired) electrons. The molecule has 1 amide bonds. The van der Waals surface area contributed by atoms with Gasteiger partial charge in [0.05, 0.1) is 6.42 Å². The van der Waals surface area contributed by atoms with E-state index >= 15 is 0 Å². The standard InChI is InChI=1S/C13H17NO4/c1-3-14(7-6-12(16)17)13(18)10-4-5-11(15)9(2)8-10/h4-5,8,15H,3,6-7H2,1-2H3,(H,16,17). The van der Waals surface area contributed by atoms with Gasteiger partial charge in [-0.3, -0.25) is 9.59 Å². The van der Waals surface area contributed by atoms with Gasteiger partial charge in [0.1, 0.15) is 5.75 Å². The van der Waals surface area contributed by atoms with Crippen LogP contribution in [0.15, 0.2) is 18.2 Å². The molecule has 1 aromatic rings. The average Bonchev–Trinajstić information content (AvgIpc) is 2.32. The van der Waals surface area contributed by atoms with Crippen LogP contribution in [0.25, 0.3) is 0 Å². The summed E-state index contributed by atoms with van der Waals surface area (Å²) in [6.45, 7) is 4.14. The van der Waals surface area contributed by atoms with Crippen molar-refractivity contribution in [3.05, 3.63) is 29.3 Å². The van der Waals surface area contributed by atoms with Crippen LogP contribution in [-0.2, 0) is 4.79 Å². The molecule has 0 aliphatic heterocycles. The average molecular weight is 251 g/mol. The minimum Gasteiger partial charge on any atom is -0.508 e. The molecule has 0 heterocycles. The van der Waals surface area contributed by atoms with Crippen molar-refractivity contribution in [3.8, 4) is 5.75 Å². The maximum Gasteiger partial charge on any atom is 0.305 e. The number of carboxylic acids is 1. The molecule has 98 valence electrons. The summed E-state index contributed by atoms with van der Waals surface area (Å²) in [7, 11) is 0. The van der Waals surface area contributed by atoms with Gasteiger partial charge in [-0.25, -0.2) is 0 Å². The van der Waals surface area contributed by atoms with E-state index in [2.05, 4.69) is 0 Å². The second-order valence-electron chi connectivity index (χ2n) is 4.03. The lowest BCUT2D eigenvalue weighted by Gasteiger charge is -2.20. The number of carboxylic acid groups (broad SMARTS) is 1. The molecule has 1 aromatic carbocycles. The van der Waals surface area contributed by atoms with Crippen molar-refractivity contribution in [2.75, 3.05) is 13.1 Å². The van der Waals surface area contributed by atoms with Gasteiger partial charge in [0.15, 0.2) is 0 Å². The molecule has 5 heteroatoms. The van der Waals surface area contributed by atoms with Gasteiger partial charge >= 0.3 is 5.97 Å². The molecule has 0 bridgehead atoms. The number of phenolic OH excluding ortho intramolecular Hbond substituents is 1. The molecule has 5 nitrogen and oxygen atoms in total. The fraction of sp³-hybridized carbons (Fsp3) is 0.385. The van der Waals surface area contributed by atoms with Crippen molar-refractivity contribution < 1.29 is 19.8 Å². The number of rotatable bonds is 5. The summed E-state index contributed by atoms with van der Waals surface area (Å²) in [5, 5.41) is 18.0. The van der Waals surface area contributed by atoms with Crippen LogP contribution in [0.5, 0.6) is 5.75 Å². The minimum atomic E-state index is -0.928. The van der Waals surface area contributed by atoms with Gasteiger partial charge in [-0.05, 0) is 37.6 Å². The Labute approximate surface area is 106 Å². The van der Waals surface area contributed by atoms with Crippen molar-refractivity contribution in [3.63, 3.8) is 0 Å². The van der Waals surface area contributed by atoms with Crippen LogP contribution in [0.3, 0.4) is 0 Å². The molecule has 0 unspecified atom stereocenters. The zero-order valence-electron chi connectivity index (χ0n) is 10.5. The third kappa shape index (κ3) is 3.48. The Morgan fingerprint density at radius 2 is 2.00 bits per heavy atom. The monoisotopic (exact) mass is 251 g/mol. The lowest BCUT2D eigenvalue weighted by molar-refractivity contribution is -0.137. The summed E-state index contributed by atoms with van der Waals surface area (Å²) in [6.07, 6.45) is -0.0728. The number of carbonyl (C=O) groups excluding carboxylic acids is 1. The van der Waals surface area contributed by atoms with Gasteiger partial charge in [0, 0.05) is 18.7 Å². The summed E-state index contributed by atoms with van der Waals surface area (Å²) >= 11 is 0. The van der Waals surface area contributed by atoms with Crippen LogP contribution in [-0.4, -0.2) is 40.1 Å². The van der Waals surface area contributed by atoms with Gasteiger partial charge in [-0.2, -0.15) is 0 Å². The van der Waals surface area contributed by atoms with Gasteiger partial charge in [0.2, 0.25) is 0 Å². The van der Waals surface area contributed by atoms with Gasteiger partial charge in [-0.1, -0.05) is 0 Å². The van der Waals surface area contributed by atoms with Crippen molar-refractivity contribution in [1.82, 2.24) is 4.90 Å². The fourth-order valence-electron chi connectivity index (χ4n) is 1.60. The van der Waals surface area contributed by atoms with E-state index in [0.29, 0.717) is 17.7 Å². The normalized spacial score (nSPS) is 10.1. The summed E-state index contributed by atoms with van der Waals surface area (Å²) in [5.41, 5.74) is 1.08. The zero-order valence-corrected chi connectivity index (χ0v) is 10.5. The van der Waals surface area contributed by atoms with Crippen molar-refractivity contribution in [1.29, 1.82) is 0 Å². The van der Waals surface area contributed by atoms with Crippen LogP contribution in [0.1, 0.15) is 29.3 Å². The molecule has 2 N–H and O–H groups in total. The van der Waals surface area contributed by atoms with Crippen LogP contribution in [0.4, 0.5) is 0 Å². The van der Waals surface area contributed by atoms with E-state index in [-0.39, 0.29) is 24.6 Å². The van der Waals surface area contributed by atoms with Gasteiger partial charge in [0.25, 0.3) is 5.91 Å². The first kappa shape index (κ1) is 14.0. The summed E-state index contributed by atoms with van der Waals surface area (Å²) < 4.78 is 0. The molecule has 0 aliphatic rings. The highest BCUT2D eigenvalue weighted by molar-refractivity contribution is 5.94. The Morgan fingerprint density at radius 3 is 2.50 bits per heavy atom. The molecule has 0 aliphatic carbocycles. The number of carbonyl (C=O) groups is 2. The molecule has 0 spiro atoms. The molecule has 0 aromatic heterocycles. The number of benzene rings is 1. The van der Waals surface area contributed by atoms with E-state index in [9.17, 15) is 14.7 Å². The number of phenols is 1. The third-order valence-corrected chi connectivity index (χ3v) is 2.71. The van der Waals surface area contributed by atoms with Crippen molar-refractivity contribution in [2.45, 2.75) is 20.3 Å². The number of aliphatic carboxylic acids is 1. The Kier molecular flexibility index (Phi) is 4.71. The number of hydrogen-bond acceptors (Lipinski definition) is 3. The van der Waals surface area contributed by atoms with Crippen LogP contribution in [0, 0.1) is 6.92 Å². The predicted molar refractivity (Wildman–Crippen MR) is 66.7 cm³/mol. The zero-order chi connectivity index (χ0) is 13.7. The van der Waals surface area contributed by atoms with E-state index in [1.54, 1.807) is 19.9 Å². The maximum atomic E-state index is 12.1. The first-order chi connectivity index (χ1) is 8.45. The molecule has 0 atom stereocenters. The van der Waals surface area contributed by atoms with Gasteiger partial charge < -0.3 is 15.1 Å². The van der Waals surface area contributed by atoms with E-state index in [1.807, 2.05) is 0 Å². The Morgan fingerprint density at radius 1 is 1.33 bits per heavy atom. The van der Waals surface area contributed by atoms with E-state index in [1.165, 1.54) is 17.0 Å². The minimum absolute atomic E-state index is 0.0728. The van der Waals surface area contributed by atoms with E-state index < -0.39 is 5.97 Å². The Bertz CT molecular complexity index is 456. The topological polar surface area (TPSA) is 77.8 Å². The summed E-state index contributed by atoms with van der Waals surface area (Å²) in [5.74, 6) is -1.01. The Balaban J connectivity index is 2.82. The lowest BCUT2D eigenvalue weighted by Crippen LogP contribution is -2.32. The number of aryl methyl sites for hydroxylation is 1. The first-order valence-electron chi connectivity index (χ1n) is 5.76. The molecule has 18 heavy (non-hydrogen) atoms. The Hall–Kier alpha value is -2.04. The molecular formula is C13H17NO4. The molecule has 0 saturated heterocycles. The van der Waals surface area contributed by atoms with Gasteiger partial charge in [-0.15, -0.1) is 0 Å². The van der Waals surface area contributed by atoms with Crippen molar-refractivity contribution in [2.24, 2.45) is 0 Å². The number of aromatic hydroxyl groups is 1. The lowest BCUT2D eigenvalue weighted by atomic mass is 10.1. The third-order valence-electron chi connectivity index (χ3n) is 2.71. The largest absolute Gasteiger partial charge is 0.508 e.